The van der Waals surface area contributed by atoms with Gasteiger partial charge < -0.3 is 14.8 Å². The molecule has 6 heteroatoms. The molecule has 1 N–H and O–H groups in total. The normalized spacial score (nSPS) is 11.7. The van der Waals surface area contributed by atoms with Crippen LogP contribution in [-0.2, 0) is 11.2 Å². The maximum absolute atomic E-state index is 13.3. The number of benzene rings is 2. The van der Waals surface area contributed by atoms with E-state index in [0.29, 0.717) is 41.5 Å². The summed E-state index contributed by atoms with van der Waals surface area (Å²) in [4.78, 5) is 17.3. The third-order valence-electron chi connectivity index (χ3n) is 4.46. The van der Waals surface area contributed by atoms with Crippen LogP contribution in [0.3, 0.4) is 0 Å². The second-order valence-corrected chi connectivity index (χ2v) is 6.95. The van der Waals surface area contributed by atoms with E-state index >= 15 is 0 Å². The van der Waals surface area contributed by atoms with Crippen LogP contribution in [0.2, 0.25) is 0 Å². The third-order valence-corrected chi connectivity index (χ3v) is 4.46. The van der Waals surface area contributed by atoms with Gasteiger partial charge in [0.1, 0.15) is 17.3 Å². The number of hydrogen-bond donors (Lipinski definition) is 1. The van der Waals surface area contributed by atoms with E-state index in [9.17, 15) is 9.18 Å². The topological polar surface area (TPSA) is 60.5 Å². The maximum Gasteiger partial charge on any atom is 0.257 e. The van der Waals surface area contributed by atoms with Crippen LogP contribution in [0.5, 0.6) is 11.5 Å². The third kappa shape index (κ3) is 5.87. The van der Waals surface area contributed by atoms with Crippen LogP contribution in [0.1, 0.15) is 35.6 Å². The first-order valence-corrected chi connectivity index (χ1v) is 9.87. The number of halogens is 1. The molecule has 0 bridgehead atoms. The number of amides is 1. The molecule has 0 fully saturated rings. The minimum atomic E-state index is -0.376. The summed E-state index contributed by atoms with van der Waals surface area (Å²) in [5, 5.41) is 2.86. The SMILES string of the molecule is CCOC(C)Cc1ccc(C(=O)Nc2cccc(Oc3cccc(F)c3)c2)c(C)n1. The Labute approximate surface area is 175 Å². The van der Waals surface area contributed by atoms with Gasteiger partial charge in [0.2, 0.25) is 0 Å². The molecule has 1 aromatic heterocycles. The second kappa shape index (κ2) is 9.98. The van der Waals surface area contributed by atoms with Gasteiger partial charge in [0.25, 0.3) is 5.91 Å². The monoisotopic (exact) mass is 408 g/mol. The van der Waals surface area contributed by atoms with Gasteiger partial charge in [-0.3, -0.25) is 9.78 Å². The molecule has 3 aromatic rings. The lowest BCUT2D eigenvalue weighted by molar-refractivity contribution is 0.0761. The van der Waals surface area contributed by atoms with Crippen LogP contribution in [0.25, 0.3) is 0 Å². The molecule has 1 unspecified atom stereocenters. The molecule has 1 amide bonds. The summed E-state index contributed by atoms with van der Waals surface area (Å²) in [5.74, 6) is 0.246. The highest BCUT2D eigenvalue weighted by Crippen LogP contribution is 2.25. The summed E-state index contributed by atoms with van der Waals surface area (Å²) in [7, 11) is 0. The molecule has 0 spiro atoms. The molecule has 1 heterocycles. The van der Waals surface area contributed by atoms with E-state index in [-0.39, 0.29) is 17.8 Å². The number of anilines is 1. The first kappa shape index (κ1) is 21.5. The second-order valence-electron chi connectivity index (χ2n) is 6.95. The minimum absolute atomic E-state index is 0.0717. The fourth-order valence-corrected chi connectivity index (χ4v) is 3.11. The Balaban J connectivity index is 1.68. The van der Waals surface area contributed by atoms with Crippen molar-refractivity contribution < 1.29 is 18.7 Å². The van der Waals surface area contributed by atoms with Crippen LogP contribution in [0, 0.1) is 12.7 Å². The molecule has 0 saturated heterocycles. The van der Waals surface area contributed by atoms with Crippen molar-refractivity contribution in [1.29, 1.82) is 0 Å². The number of nitrogens with one attached hydrogen (secondary N) is 1. The molecule has 0 aliphatic heterocycles. The molecule has 0 radical (unpaired) electrons. The molecular weight excluding hydrogens is 383 g/mol. The van der Waals surface area contributed by atoms with Crippen LogP contribution in [0.15, 0.2) is 60.7 Å². The maximum atomic E-state index is 13.3. The van der Waals surface area contributed by atoms with Crippen molar-refractivity contribution in [2.75, 3.05) is 11.9 Å². The number of hydrogen-bond acceptors (Lipinski definition) is 4. The van der Waals surface area contributed by atoms with Gasteiger partial charge in [0, 0.05) is 36.5 Å². The number of carbonyl (C=O) groups excluding carboxylic acids is 1. The fraction of sp³-hybridized carbons (Fsp3) is 0.250. The molecule has 3 rings (SSSR count). The number of ether oxygens (including phenoxy) is 2. The van der Waals surface area contributed by atoms with E-state index in [1.165, 1.54) is 12.1 Å². The molecule has 5 nitrogen and oxygen atoms in total. The Morgan fingerprint density at radius 3 is 2.53 bits per heavy atom. The van der Waals surface area contributed by atoms with Crippen molar-refractivity contribution in [2.24, 2.45) is 0 Å². The zero-order valence-electron chi connectivity index (χ0n) is 17.3. The highest BCUT2D eigenvalue weighted by Gasteiger charge is 2.13. The summed E-state index contributed by atoms with van der Waals surface area (Å²) >= 11 is 0. The molecule has 156 valence electrons. The van der Waals surface area contributed by atoms with Gasteiger partial charge in [0.15, 0.2) is 0 Å². The summed E-state index contributed by atoms with van der Waals surface area (Å²) in [6.45, 7) is 6.43. The Bertz CT molecular complexity index is 1020. The van der Waals surface area contributed by atoms with Gasteiger partial charge in [-0.05, 0) is 57.2 Å². The van der Waals surface area contributed by atoms with E-state index < -0.39 is 0 Å². The van der Waals surface area contributed by atoms with E-state index in [0.717, 1.165) is 5.69 Å². The van der Waals surface area contributed by atoms with E-state index in [1.54, 1.807) is 42.5 Å². The summed E-state index contributed by atoms with van der Waals surface area (Å²) < 4.78 is 24.6. The lowest BCUT2D eigenvalue weighted by Crippen LogP contribution is -2.16. The quantitative estimate of drug-likeness (QED) is 0.532. The molecule has 2 aromatic carbocycles. The van der Waals surface area contributed by atoms with E-state index in [4.69, 9.17) is 9.47 Å². The number of nitrogens with zero attached hydrogens (tertiary/aromatic N) is 1. The predicted octanol–water partition coefficient (Wildman–Crippen LogP) is 5.54. The van der Waals surface area contributed by atoms with Crippen LogP contribution in [0.4, 0.5) is 10.1 Å². The Morgan fingerprint density at radius 2 is 1.83 bits per heavy atom. The largest absolute Gasteiger partial charge is 0.457 e. The first-order chi connectivity index (χ1) is 14.4. The number of carbonyl (C=O) groups is 1. The number of rotatable bonds is 8. The van der Waals surface area contributed by atoms with Gasteiger partial charge >= 0.3 is 0 Å². The van der Waals surface area contributed by atoms with Gasteiger partial charge in [-0.1, -0.05) is 12.1 Å². The first-order valence-electron chi connectivity index (χ1n) is 9.87. The van der Waals surface area contributed by atoms with Crippen LogP contribution < -0.4 is 10.1 Å². The van der Waals surface area contributed by atoms with Crippen molar-refractivity contribution in [2.45, 2.75) is 33.3 Å². The van der Waals surface area contributed by atoms with Crippen LogP contribution >= 0.6 is 0 Å². The average molecular weight is 408 g/mol. The highest BCUT2D eigenvalue weighted by molar-refractivity contribution is 6.05. The highest BCUT2D eigenvalue weighted by atomic mass is 19.1. The molecule has 0 aliphatic rings. The van der Waals surface area contributed by atoms with Crippen molar-refractivity contribution >= 4 is 11.6 Å². The van der Waals surface area contributed by atoms with Gasteiger partial charge in [0.05, 0.1) is 17.4 Å². The Hall–Kier alpha value is -3.25. The molecule has 30 heavy (non-hydrogen) atoms. The van der Waals surface area contributed by atoms with Gasteiger partial charge in [-0.2, -0.15) is 0 Å². The lowest BCUT2D eigenvalue weighted by atomic mass is 10.1. The number of aryl methyl sites for hydroxylation is 1. The molecule has 0 aliphatic carbocycles. The summed E-state index contributed by atoms with van der Waals surface area (Å²) in [5.41, 5.74) is 2.61. The minimum Gasteiger partial charge on any atom is -0.457 e. The average Bonchev–Trinajstić information content (AvgIpc) is 2.68. The predicted molar refractivity (Wildman–Crippen MR) is 115 cm³/mol. The zero-order valence-corrected chi connectivity index (χ0v) is 17.3. The number of aromatic nitrogens is 1. The smallest absolute Gasteiger partial charge is 0.257 e. The Kier molecular flexibility index (Phi) is 7.14. The summed E-state index contributed by atoms with van der Waals surface area (Å²) in [6, 6.07) is 16.5. The van der Waals surface area contributed by atoms with E-state index in [2.05, 4.69) is 10.3 Å². The summed E-state index contributed by atoms with van der Waals surface area (Å²) in [6.07, 6.45) is 0.762. The van der Waals surface area contributed by atoms with Gasteiger partial charge in [-0.25, -0.2) is 4.39 Å². The molecule has 1 atom stereocenters. The molecular formula is C24H25FN2O3. The van der Waals surface area contributed by atoms with Crippen molar-refractivity contribution in [3.63, 3.8) is 0 Å². The van der Waals surface area contributed by atoms with E-state index in [1.807, 2.05) is 26.8 Å². The van der Waals surface area contributed by atoms with Crippen LogP contribution in [-0.4, -0.2) is 23.6 Å². The lowest BCUT2D eigenvalue weighted by Gasteiger charge is -2.13. The Morgan fingerprint density at radius 1 is 1.10 bits per heavy atom. The van der Waals surface area contributed by atoms with Crippen molar-refractivity contribution in [1.82, 2.24) is 4.98 Å². The van der Waals surface area contributed by atoms with Gasteiger partial charge in [-0.15, -0.1) is 0 Å². The molecule has 0 saturated carbocycles. The fourth-order valence-electron chi connectivity index (χ4n) is 3.11. The number of pyridine rings is 1. The zero-order chi connectivity index (χ0) is 21.5. The van der Waals surface area contributed by atoms with Crippen molar-refractivity contribution in [3.05, 3.63) is 83.4 Å². The van der Waals surface area contributed by atoms with Crippen molar-refractivity contribution in [3.8, 4) is 11.5 Å². The standard InChI is InChI=1S/C24H25FN2O3/c1-4-29-16(2)13-20-11-12-23(17(3)26-20)24(28)27-19-8-6-10-22(15-19)30-21-9-5-7-18(25)14-21/h5-12,14-16H,4,13H2,1-3H3,(H,27,28).